The maximum absolute atomic E-state index is 11.5. The lowest BCUT2D eigenvalue weighted by Crippen LogP contribution is -2.08. The summed E-state index contributed by atoms with van der Waals surface area (Å²) in [5.74, 6) is 1.28. The Morgan fingerprint density at radius 1 is 1.77 bits per heavy atom. The van der Waals surface area contributed by atoms with Gasteiger partial charge >= 0.3 is 0 Å². The van der Waals surface area contributed by atoms with E-state index in [0.29, 0.717) is 23.4 Å². The van der Waals surface area contributed by atoms with E-state index in [1.807, 2.05) is 6.08 Å². The topological polar surface area (TPSA) is 26.3 Å². The smallest absolute Gasteiger partial charge is 0.206 e. The first-order chi connectivity index (χ1) is 6.24. The van der Waals surface area contributed by atoms with Crippen molar-refractivity contribution in [3.63, 3.8) is 0 Å². The number of allylic oxidation sites excluding steroid dienone is 1. The lowest BCUT2D eigenvalue weighted by Gasteiger charge is -2.07. The highest BCUT2D eigenvalue weighted by atomic mass is 32.2. The van der Waals surface area contributed by atoms with Crippen molar-refractivity contribution in [3.05, 3.63) is 11.8 Å². The molecule has 74 valence electrons. The Labute approximate surface area is 83.7 Å². The normalized spacial score (nSPS) is 17.8. The highest BCUT2D eigenvalue weighted by Crippen LogP contribution is 2.17. The molecule has 13 heavy (non-hydrogen) atoms. The second kappa shape index (κ2) is 5.32. The second-order valence-corrected chi connectivity index (χ2v) is 4.59. The van der Waals surface area contributed by atoms with Crippen molar-refractivity contribution < 1.29 is 9.53 Å². The summed E-state index contributed by atoms with van der Waals surface area (Å²) in [5.41, 5.74) is 0. The van der Waals surface area contributed by atoms with E-state index in [1.165, 1.54) is 0 Å². The van der Waals surface area contributed by atoms with Crippen LogP contribution in [0.4, 0.5) is 0 Å². The fourth-order valence-corrected chi connectivity index (χ4v) is 1.83. The van der Waals surface area contributed by atoms with Gasteiger partial charge in [-0.25, -0.2) is 0 Å². The van der Waals surface area contributed by atoms with Crippen molar-refractivity contribution in [2.75, 3.05) is 12.4 Å². The first-order valence-corrected chi connectivity index (χ1v) is 5.76. The molecule has 0 spiro atoms. The molecule has 0 amide bonds. The van der Waals surface area contributed by atoms with Gasteiger partial charge in [-0.2, -0.15) is 11.8 Å². The van der Waals surface area contributed by atoms with Crippen LogP contribution in [0.15, 0.2) is 11.8 Å². The second-order valence-electron chi connectivity index (χ2n) is 3.16. The molecule has 1 rings (SSSR count). The van der Waals surface area contributed by atoms with E-state index in [4.69, 9.17) is 4.74 Å². The predicted molar refractivity (Wildman–Crippen MR) is 55.9 cm³/mol. The molecule has 1 unspecified atom stereocenters. The molecule has 2 nitrogen and oxygen atoms in total. The molecule has 0 saturated heterocycles. The minimum Gasteiger partial charge on any atom is -0.490 e. The highest BCUT2D eigenvalue weighted by molar-refractivity contribution is 8.00. The van der Waals surface area contributed by atoms with Crippen molar-refractivity contribution in [2.45, 2.75) is 31.9 Å². The van der Waals surface area contributed by atoms with Crippen LogP contribution < -0.4 is 0 Å². The fourth-order valence-electron chi connectivity index (χ4n) is 1.02. The Bertz CT molecular complexity index is 211. The summed E-state index contributed by atoms with van der Waals surface area (Å²) < 4.78 is 5.18. The van der Waals surface area contributed by atoms with Gasteiger partial charge in [-0.3, -0.25) is 4.79 Å². The molecule has 0 radical (unpaired) electrons. The number of carbonyl (C=O) groups excluding carboxylic acids is 1. The largest absolute Gasteiger partial charge is 0.490 e. The van der Waals surface area contributed by atoms with Gasteiger partial charge in [-0.15, -0.1) is 0 Å². The summed E-state index contributed by atoms with van der Waals surface area (Å²) >= 11 is 1.70. The molecule has 0 aliphatic carbocycles. The minimum absolute atomic E-state index is 0.141. The van der Waals surface area contributed by atoms with E-state index in [1.54, 1.807) is 11.8 Å². The molecule has 1 atom stereocenters. The third-order valence-electron chi connectivity index (χ3n) is 2.05. The van der Waals surface area contributed by atoms with Gasteiger partial charge in [0.1, 0.15) is 0 Å². The number of Topliss-reactive ketones (excluding diaryl/α,β-unsaturated/α-hetero) is 1. The molecule has 1 aliphatic rings. The van der Waals surface area contributed by atoms with E-state index in [9.17, 15) is 4.79 Å². The maximum atomic E-state index is 11.5. The molecule has 3 heteroatoms. The van der Waals surface area contributed by atoms with Gasteiger partial charge in [-0.05, 0) is 12.5 Å². The molecular weight excluding hydrogens is 184 g/mol. The van der Waals surface area contributed by atoms with E-state index < -0.39 is 0 Å². The van der Waals surface area contributed by atoms with Gasteiger partial charge in [0, 0.05) is 11.7 Å². The summed E-state index contributed by atoms with van der Waals surface area (Å²) in [5, 5.41) is 0.561. The molecular formula is C10H16O2S. The Morgan fingerprint density at radius 3 is 3.08 bits per heavy atom. The van der Waals surface area contributed by atoms with Gasteiger partial charge in [-0.1, -0.05) is 13.8 Å². The average Bonchev–Trinajstić information content (AvgIpc) is 2.66. The van der Waals surface area contributed by atoms with Crippen LogP contribution in [0.3, 0.4) is 0 Å². The zero-order chi connectivity index (χ0) is 9.68. The Morgan fingerprint density at radius 2 is 2.54 bits per heavy atom. The lowest BCUT2D eigenvalue weighted by molar-refractivity contribution is -0.116. The zero-order valence-electron chi connectivity index (χ0n) is 8.21. The molecule has 0 bridgehead atoms. The Kier molecular flexibility index (Phi) is 4.36. The summed E-state index contributed by atoms with van der Waals surface area (Å²) in [4.78, 5) is 11.5. The van der Waals surface area contributed by atoms with Crippen molar-refractivity contribution in [2.24, 2.45) is 0 Å². The number of ether oxygens (including phenoxy) is 1. The van der Waals surface area contributed by atoms with Crippen LogP contribution in [0.2, 0.25) is 0 Å². The van der Waals surface area contributed by atoms with Crippen LogP contribution >= 0.6 is 11.8 Å². The summed E-state index contributed by atoms with van der Waals surface area (Å²) in [6.45, 7) is 4.95. The third kappa shape index (κ3) is 3.43. The maximum Gasteiger partial charge on any atom is 0.206 e. The van der Waals surface area contributed by atoms with Crippen LogP contribution in [0.5, 0.6) is 0 Å². The standard InChI is InChI=1S/C10H16O2S/c1-3-8(2)13-7-9(11)10-5-4-6-12-10/h5,8H,3-4,6-7H2,1-2H3. The predicted octanol–water partition coefficient (Wildman–Crippen LogP) is 2.39. The monoisotopic (exact) mass is 200 g/mol. The zero-order valence-corrected chi connectivity index (χ0v) is 9.02. The number of rotatable bonds is 5. The van der Waals surface area contributed by atoms with E-state index in [2.05, 4.69) is 13.8 Å². The molecule has 0 N–H and O–H groups in total. The van der Waals surface area contributed by atoms with Crippen molar-refractivity contribution in [1.29, 1.82) is 0 Å². The van der Waals surface area contributed by atoms with E-state index in [0.717, 1.165) is 12.8 Å². The lowest BCUT2D eigenvalue weighted by atomic mass is 10.3. The summed E-state index contributed by atoms with van der Waals surface area (Å²) in [6.07, 6.45) is 3.88. The SMILES string of the molecule is CCC(C)SCC(=O)C1=CCCO1. The first-order valence-electron chi connectivity index (χ1n) is 4.71. The highest BCUT2D eigenvalue weighted by Gasteiger charge is 2.15. The van der Waals surface area contributed by atoms with E-state index >= 15 is 0 Å². The van der Waals surface area contributed by atoms with Gasteiger partial charge in [0.15, 0.2) is 5.76 Å². The minimum atomic E-state index is 0.141. The number of hydrogen-bond acceptors (Lipinski definition) is 3. The molecule has 0 fully saturated rings. The fraction of sp³-hybridized carbons (Fsp3) is 0.700. The quantitative estimate of drug-likeness (QED) is 0.681. The number of carbonyl (C=O) groups is 1. The van der Waals surface area contributed by atoms with Gasteiger partial charge in [0.2, 0.25) is 5.78 Å². The van der Waals surface area contributed by atoms with Crippen LogP contribution in [0, 0.1) is 0 Å². The van der Waals surface area contributed by atoms with Crippen LogP contribution in [-0.2, 0) is 9.53 Å². The molecule has 1 aliphatic heterocycles. The van der Waals surface area contributed by atoms with Crippen LogP contribution in [0.25, 0.3) is 0 Å². The van der Waals surface area contributed by atoms with Crippen LogP contribution in [0.1, 0.15) is 26.7 Å². The Hall–Kier alpha value is -0.440. The van der Waals surface area contributed by atoms with Crippen molar-refractivity contribution in [1.82, 2.24) is 0 Å². The average molecular weight is 200 g/mol. The van der Waals surface area contributed by atoms with Crippen molar-refractivity contribution >= 4 is 17.5 Å². The van der Waals surface area contributed by atoms with Gasteiger partial charge in [0.25, 0.3) is 0 Å². The third-order valence-corrected chi connectivity index (χ3v) is 3.39. The van der Waals surface area contributed by atoms with Gasteiger partial charge in [0.05, 0.1) is 12.4 Å². The number of ketones is 1. The van der Waals surface area contributed by atoms with Crippen molar-refractivity contribution in [3.8, 4) is 0 Å². The van der Waals surface area contributed by atoms with E-state index in [-0.39, 0.29) is 5.78 Å². The number of hydrogen-bond donors (Lipinski definition) is 0. The summed E-state index contributed by atoms with van der Waals surface area (Å²) in [6, 6.07) is 0. The van der Waals surface area contributed by atoms with Crippen LogP contribution in [-0.4, -0.2) is 23.4 Å². The Balaban J connectivity index is 2.25. The summed E-state index contributed by atoms with van der Waals surface area (Å²) in [7, 11) is 0. The number of thioether (sulfide) groups is 1. The van der Waals surface area contributed by atoms with Gasteiger partial charge < -0.3 is 4.74 Å². The molecule has 0 aromatic carbocycles. The molecule has 0 aromatic rings. The molecule has 0 aromatic heterocycles. The first kappa shape index (κ1) is 10.6. The molecule has 0 saturated carbocycles. The molecule has 1 heterocycles.